The van der Waals surface area contributed by atoms with Gasteiger partial charge in [-0.15, -0.1) is 0 Å². The van der Waals surface area contributed by atoms with E-state index in [0.717, 1.165) is 5.56 Å². The zero-order valence-corrected chi connectivity index (χ0v) is 11.9. The molecular formula is C15H21NO3. The number of hydrogen-bond acceptors (Lipinski definition) is 2. The minimum atomic E-state index is -0.892. The van der Waals surface area contributed by atoms with Gasteiger partial charge in [-0.05, 0) is 19.4 Å². The molecule has 0 aliphatic carbocycles. The lowest BCUT2D eigenvalue weighted by Gasteiger charge is -2.30. The van der Waals surface area contributed by atoms with Gasteiger partial charge in [0.05, 0.1) is 11.3 Å². The Kier molecular flexibility index (Phi) is 4.70. The number of carbonyl (C=O) groups excluding carboxylic acids is 1. The van der Waals surface area contributed by atoms with Crippen LogP contribution in [0.2, 0.25) is 0 Å². The van der Waals surface area contributed by atoms with Crippen molar-refractivity contribution in [1.29, 1.82) is 0 Å². The fourth-order valence-electron chi connectivity index (χ4n) is 2.03. The molecular weight excluding hydrogens is 242 g/mol. The van der Waals surface area contributed by atoms with Gasteiger partial charge in [0, 0.05) is 13.6 Å². The normalized spacial score (nSPS) is 12.8. The first-order valence-electron chi connectivity index (χ1n) is 6.30. The number of likely N-dealkylation sites (N-methyl/N-ethyl adjacent to an activating group) is 1. The largest absolute Gasteiger partial charge is 0.481 e. The van der Waals surface area contributed by atoms with Gasteiger partial charge in [0.15, 0.2) is 0 Å². The predicted octanol–water partition coefficient (Wildman–Crippen LogP) is 2.14. The van der Waals surface area contributed by atoms with Crippen LogP contribution in [-0.2, 0) is 15.0 Å². The van der Waals surface area contributed by atoms with Crippen molar-refractivity contribution in [3.05, 3.63) is 35.9 Å². The van der Waals surface area contributed by atoms with Gasteiger partial charge >= 0.3 is 5.97 Å². The molecule has 4 heteroatoms. The number of hydrogen-bond donors (Lipinski definition) is 1. The SMILES string of the molecule is CC(CN(C)C(=O)C(C)(C)c1ccccc1)C(=O)O. The number of carbonyl (C=O) groups is 2. The van der Waals surface area contributed by atoms with Crippen LogP contribution < -0.4 is 0 Å². The second-order valence-corrected chi connectivity index (χ2v) is 5.42. The van der Waals surface area contributed by atoms with Crippen LogP contribution in [0.25, 0.3) is 0 Å². The predicted molar refractivity (Wildman–Crippen MR) is 73.9 cm³/mol. The highest BCUT2D eigenvalue weighted by atomic mass is 16.4. The Labute approximate surface area is 114 Å². The Balaban J connectivity index is 2.84. The summed E-state index contributed by atoms with van der Waals surface area (Å²) in [4.78, 5) is 24.8. The highest BCUT2D eigenvalue weighted by Crippen LogP contribution is 2.25. The highest BCUT2D eigenvalue weighted by Gasteiger charge is 2.33. The maximum Gasteiger partial charge on any atom is 0.308 e. The van der Waals surface area contributed by atoms with Gasteiger partial charge in [0.1, 0.15) is 0 Å². The van der Waals surface area contributed by atoms with Gasteiger partial charge in [0.2, 0.25) is 5.91 Å². The monoisotopic (exact) mass is 263 g/mol. The second-order valence-electron chi connectivity index (χ2n) is 5.42. The van der Waals surface area contributed by atoms with E-state index in [9.17, 15) is 9.59 Å². The smallest absolute Gasteiger partial charge is 0.308 e. The van der Waals surface area contributed by atoms with Gasteiger partial charge in [-0.25, -0.2) is 0 Å². The average molecular weight is 263 g/mol. The Morgan fingerprint density at radius 2 is 1.79 bits per heavy atom. The number of carboxylic acid groups (broad SMARTS) is 1. The van der Waals surface area contributed by atoms with Gasteiger partial charge in [-0.2, -0.15) is 0 Å². The van der Waals surface area contributed by atoms with Crippen LogP contribution in [0.15, 0.2) is 30.3 Å². The quantitative estimate of drug-likeness (QED) is 0.885. The van der Waals surface area contributed by atoms with Crippen LogP contribution >= 0.6 is 0 Å². The van der Waals surface area contributed by atoms with E-state index in [4.69, 9.17) is 5.11 Å². The van der Waals surface area contributed by atoms with Crippen molar-refractivity contribution in [2.75, 3.05) is 13.6 Å². The molecule has 1 rings (SSSR count). The molecule has 1 amide bonds. The molecule has 0 aromatic heterocycles. The van der Waals surface area contributed by atoms with Crippen molar-refractivity contribution in [1.82, 2.24) is 4.90 Å². The van der Waals surface area contributed by atoms with E-state index >= 15 is 0 Å². The fraction of sp³-hybridized carbons (Fsp3) is 0.467. The first-order valence-corrected chi connectivity index (χ1v) is 6.30. The number of carboxylic acids is 1. The number of aliphatic carboxylic acids is 1. The van der Waals surface area contributed by atoms with Crippen molar-refractivity contribution in [2.45, 2.75) is 26.2 Å². The summed E-state index contributed by atoms with van der Waals surface area (Å²) in [6.07, 6.45) is 0. The standard InChI is InChI=1S/C15H21NO3/c1-11(13(17)18)10-16(4)14(19)15(2,3)12-8-6-5-7-9-12/h5-9,11H,10H2,1-4H3,(H,17,18). The van der Waals surface area contributed by atoms with E-state index in [1.54, 1.807) is 14.0 Å². The second kappa shape index (κ2) is 5.87. The minimum absolute atomic E-state index is 0.0770. The average Bonchev–Trinajstić information content (AvgIpc) is 2.38. The molecule has 104 valence electrons. The van der Waals surface area contributed by atoms with E-state index in [1.807, 2.05) is 44.2 Å². The summed E-state index contributed by atoms with van der Waals surface area (Å²) in [5.74, 6) is -1.54. The lowest BCUT2D eigenvalue weighted by molar-refractivity contribution is -0.143. The lowest BCUT2D eigenvalue weighted by Crippen LogP contribution is -2.43. The third kappa shape index (κ3) is 3.56. The fourth-order valence-corrected chi connectivity index (χ4v) is 2.03. The zero-order valence-electron chi connectivity index (χ0n) is 11.9. The highest BCUT2D eigenvalue weighted by molar-refractivity contribution is 5.87. The molecule has 0 saturated heterocycles. The van der Waals surface area contributed by atoms with Gasteiger partial charge in [-0.1, -0.05) is 37.3 Å². The Hall–Kier alpha value is -1.84. The molecule has 0 bridgehead atoms. The van der Waals surface area contributed by atoms with Gasteiger partial charge in [0.25, 0.3) is 0 Å². The number of rotatable bonds is 5. The summed E-state index contributed by atoms with van der Waals surface area (Å²) in [6, 6.07) is 9.51. The molecule has 0 aliphatic rings. The van der Waals surface area contributed by atoms with Crippen LogP contribution in [-0.4, -0.2) is 35.5 Å². The number of nitrogens with zero attached hydrogens (tertiary/aromatic N) is 1. The molecule has 19 heavy (non-hydrogen) atoms. The topological polar surface area (TPSA) is 57.6 Å². The summed E-state index contributed by atoms with van der Waals surface area (Å²) in [5, 5.41) is 8.89. The summed E-state index contributed by atoms with van der Waals surface area (Å²) in [6.45, 7) is 5.52. The molecule has 0 radical (unpaired) electrons. The van der Waals surface area contributed by atoms with E-state index in [2.05, 4.69) is 0 Å². The van der Waals surface area contributed by atoms with Crippen molar-refractivity contribution < 1.29 is 14.7 Å². The Morgan fingerprint density at radius 3 is 2.26 bits per heavy atom. The van der Waals surface area contributed by atoms with Crippen molar-refractivity contribution in [3.63, 3.8) is 0 Å². The van der Waals surface area contributed by atoms with Crippen LogP contribution in [0.1, 0.15) is 26.3 Å². The first-order chi connectivity index (χ1) is 8.76. The molecule has 4 nitrogen and oxygen atoms in total. The van der Waals surface area contributed by atoms with Gasteiger partial charge < -0.3 is 10.0 Å². The van der Waals surface area contributed by atoms with Crippen LogP contribution in [0.4, 0.5) is 0 Å². The first kappa shape index (κ1) is 15.2. The molecule has 0 aliphatic heterocycles. The number of amides is 1. The van der Waals surface area contributed by atoms with Crippen molar-refractivity contribution >= 4 is 11.9 Å². The van der Waals surface area contributed by atoms with Gasteiger partial charge in [-0.3, -0.25) is 9.59 Å². The minimum Gasteiger partial charge on any atom is -0.481 e. The molecule has 1 unspecified atom stereocenters. The van der Waals surface area contributed by atoms with E-state index in [0.29, 0.717) is 0 Å². The van der Waals surface area contributed by atoms with Crippen molar-refractivity contribution in [2.24, 2.45) is 5.92 Å². The summed E-state index contributed by atoms with van der Waals surface area (Å²) < 4.78 is 0. The molecule has 0 saturated carbocycles. The van der Waals surface area contributed by atoms with Crippen LogP contribution in [0, 0.1) is 5.92 Å². The molecule has 1 aromatic carbocycles. The molecule has 0 fully saturated rings. The molecule has 0 spiro atoms. The maximum atomic E-state index is 12.5. The molecule has 1 N–H and O–H groups in total. The van der Waals surface area contributed by atoms with E-state index in [-0.39, 0.29) is 12.5 Å². The lowest BCUT2D eigenvalue weighted by atomic mass is 9.83. The van der Waals surface area contributed by atoms with Crippen molar-refractivity contribution in [3.8, 4) is 0 Å². The third-order valence-electron chi connectivity index (χ3n) is 3.35. The van der Waals surface area contributed by atoms with Crippen LogP contribution in [0.5, 0.6) is 0 Å². The maximum absolute atomic E-state index is 12.5. The summed E-state index contributed by atoms with van der Waals surface area (Å²) in [7, 11) is 1.65. The molecule has 0 heterocycles. The summed E-state index contributed by atoms with van der Waals surface area (Å²) >= 11 is 0. The van der Waals surface area contributed by atoms with E-state index < -0.39 is 17.3 Å². The number of benzene rings is 1. The Morgan fingerprint density at radius 1 is 1.26 bits per heavy atom. The Bertz CT molecular complexity index is 454. The third-order valence-corrected chi connectivity index (χ3v) is 3.35. The zero-order chi connectivity index (χ0) is 14.6. The van der Waals surface area contributed by atoms with E-state index in [1.165, 1.54) is 4.90 Å². The van der Waals surface area contributed by atoms with Crippen LogP contribution in [0.3, 0.4) is 0 Å². The molecule has 1 aromatic rings. The summed E-state index contributed by atoms with van der Waals surface area (Å²) in [5.41, 5.74) is 0.267. The molecule has 1 atom stereocenters.